The topological polar surface area (TPSA) is 72.2 Å². The van der Waals surface area contributed by atoms with Crippen molar-refractivity contribution in [2.45, 2.75) is 13.0 Å². The van der Waals surface area contributed by atoms with Gasteiger partial charge in [0.1, 0.15) is 0 Å². The maximum absolute atomic E-state index is 11.9. The molecule has 0 aliphatic heterocycles. The van der Waals surface area contributed by atoms with E-state index in [1.54, 1.807) is 24.3 Å². The summed E-state index contributed by atoms with van der Waals surface area (Å²) in [6.07, 6.45) is 0.145. The van der Waals surface area contributed by atoms with Crippen LogP contribution in [0.4, 0.5) is 0 Å². The Kier molecular flexibility index (Phi) is 4.50. The summed E-state index contributed by atoms with van der Waals surface area (Å²) >= 11 is 0. The van der Waals surface area contributed by atoms with Crippen molar-refractivity contribution in [2.75, 3.05) is 0 Å². The van der Waals surface area contributed by atoms with E-state index in [1.165, 1.54) is 0 Å². The van der Waals surface area contributed by atoms with Crippen LogP contribution in [0.3, 0.4) is 0 Å². The van der Waals surface area contributed by atoms with E-state index in [4.69, 9.17) is 5.73 Å². The van der Waals surface area contributed by atoms with Crippen LogP contribution in [-0.2, 0) is 17.8 Å². The Morgan fingerprint density at radius 2 is 1.60 bits per heavy atom. The summed E-state index contributed by atoms with van der Waals surface area (Å²) in [5.74, 6) is -0.654. The number of carbonyl (C=O) groups is 2. The first kappa shape index (κ1) is 13.8. The van der Waals surface area contributed by atoms with Crippen molar-refractivity contribution >= 4 is 11.8 Å². The van der Waals surface area contributed by atoms with Gasteiger partial charge in [0, 0.05) is 12.1 Å². The minimum Gasteiger partial charge on any atom is -0.366 e. The van der Waals surface area contributed by atoms with Crippen LogP contribution >= 0.6 is 0 Å². The number of nitrogens with one attached hydrogen (secondary N) is 1. The Balaban J connectivity index is 1.97. The highest BCUT2D eigenvalue weighted by Gasteiger charge is 2.10. The molecule has 0 heterocycles. The molecule has 2 rings (SSSR count). The molecule has 0 aliphatic rings. The number of primary amides is 1. The molecule has 0 radical (unpaired) electrons. The molecule has 20 heavy (non-hydrogen) atoms. The average molecular weight is 268 g/mol. The summed E-state index contributed by atoms with van der Waals surface area (Å²) in [7, 11) is 0. The van der Waals surface area contributed by atoms with E-state index >= 15 is 0 Å². The van der Waals surface area contributed by atoms with Crippen LogP contribution in [0.25, 0.3) is 0 Å². The molecule has 0 saturated heterocycles. The largest absolute Gasteiger partial charge is 0.366 e. The second kappa shape index (κ2) is 6.52. The molecule has 0 aliphatic carbocycles. The maximum Gasteiger partial charge on any atom is 0.248 e. The van der Waals surface area contributed by atoms with Crippen molar-refractivity contribution in [2.24, 2.45) is 5.73 Å². The number of amides is 2. The highest BCUT2D eigenvalue weighted by Crippen LogP contribution is 2.09. The van der Waals surface area contributed by atoms with Gasteiger partial charge in [0.2, 0.25) is 11.8 Å². The Morgan fingerprint density at radius 3 is 2.30 bits per heavy atom. The Morgan fingerprint density at radius 1 is 0.950 bits per heavy atom. The number of rotatable bonds is 5. The fourth-order valence-corrected chi connectivity index (χ4v) is 1.95. The second-order valence-corrected chi connectivity index (χ2v) is 4.46. The minimum atomic E-state index is -0.517. The molecular formula is C16H16N2O2. The quantitative estimate of drug-likeness (QED) is 0.865. The molecular weight excluding hydrogens is 252 g/mol. The van der Waals surface area contributed by atoms with Crippen LogP contribution in [0.2, 0.25) is 0 Å². The molecule has 2 amide bonds. The van der Waals surface area contributed by atoms with Crippen LogP contribution < -0.4 is 11.1 Å². The van der Waals surface area contributed by atoms with Gasteiger partial charge in [-0.2, -0.15) is 0 Å². The van der Waals surface area contributed by atoms with Gasteiger partial charge in [-0.1, -0.05) is 48.5 Å². The summed E-state index contributed by atoms with van der Waals surface area (Å²) < 4.78 is 0. The second-order valence-electron chi connectivity index (χ2n) is 4.46. The number of carbonyl (C=O) groups excluding carboxylic acids is 2. The van der Waals surface area contributed by atoms with E-state index in [0.29, 0.717) is 17.7 Å². The summed E-state index contributed by atoms with van der Waals surface area (Å²) in [5, 5.41) is 2.82. The van der Waals surface area contributed by atoms with Crippen molar-refractivity contribution in [1.29, 1.82) is 0 Å². The lowest BCUT2D eigenvalue weighted by Crippen LogP contribution is -2.26. The number of hydrogen-bond donors (Lipinski definition) is 2. The first-order valence-electron chi connectivity index (χ1n) is 6.35. The lowest BCUT2D eigenvalue weighted by molar-refractivity contribution is -0.120. The van der Waals surface area contributed by atoms with E-state index < -0.39 is 5.91 Å². The molecule has 0 saturated carbocycles. The van der Waals surface area contributed by atoms with Crippen LogP contribution in [0.1, 0.15) is 21.5 Å². The molecule has 2 aromatic carbocycles. The number of nitrogens with two attached hydrogens (primary N) is 1. The van der Waals surface area contributed by atoms with E-state index in [9.17, 15) is 9.59 Å². The van der Waals surface area contributed by atoms with Crippen molar-refractivity contribution < 1.29 is 9.59 Å². The van der Waals surface area contributed by atoms with E-state index in [-0.39, 0.29) is 12.3 Å². The van der Waals surface area contributed by atoms with Gasteiger partial charge in [-0.3, -0.25) is 9.59 Å². The van der Waals surface area contributed by atoms with E-state index in [1.807, 2.05) is 30.3 Å². The van der Waals surface area contributed by atoms with Gasteiger partial charge in [0.25, 0.3) is 0 Å². The molecule has 4 nitrogen and oxygen atoms in total. The summed E-state index contributed by atoms with van der Waals surface area (Å²) in [6, 6.07) is 16.5. The van der Waals surface area contributed by atoms with Crippen molar-refractivity contribution in [3.05, 3.63) is 71.3 Å². The minimum absolute atomic E-state index is 0.137. The number of benzene rings is 2. The Bertz CT molecular complexity index is 609. The zero-order valence-corrected chi connectivity index (χ0v) is 11.0. The fraction of sp³-hybridized carbons (Fsp3) is 0.125. The van der Waals surface area contributed by atoms with Crippen LogP contribution in [0, 0.1) is 0 Å². The molecule has 0 fully saturated rings. The Labute approximate surface area is 117 Å². The highest BCUT2D eigenvalue weighted by atomic mass is 16.2. The highest BCUT2D eigenvalue weighted by molar-refractivity contribution is 5.95. The Hall–Kier alpha value is -2.62. The maximum atomic E-state index is 11.9. The molecule has 2 aromatic rings. The van der Waals surface area contributed by atoms with Gasteiger partial charge in [-0.05, 0) is 17.2 Å². The normalized spacial score (nSPS) is 10.0. The average Bonchev–Trinajstić information content (AvgIpc) is 2.46. The van der Waals surface area contributed by atoms with E-state index in [2.05, 4.69) is 5.32 Å². The van der Waals surface area contributed by atoms with Gasteiger partial charge in [0.15, 0.2) is 0 Å². The molecule has 0 unspecified atom stereocenters. The van der Waals surface area contributed by atoms with Crippen molar-refractivity contribution in [3.63, 3.8) is 0 Å². The number of hydrogen-bond acceptors (Lipinski definition) is 2. The lowest BCUT2D eigenvalue weighted by atomic mass is 10.0. The van der Waals surface area contributed by atoms with Gasteiger partial charge < -0.3 is 11.1 Å². The first-order valence-corrected chi connectivity index (χ1v) is 6.35. The fourth-order valence-electron chi connectivity index (χ4n) is 1.95. The smallest absolute Gasteiger partial charge is 0.248 e. The monoisotopic (exact) mass is 268 g/mol. The molecule has 0 atom stereocenters. The summed E-state index contributed by atoms with van der Waals surface area (Å²) in [6.45, 7) is 0.471. The van der Waals surface area contributed by atoms with E-state index in [0.717, 1.165) is 5.56 Å². The summed E-state index contributed by atoms with van der Waals surface area (Å²) in [5.41, 5.74) is 7.35. The van der Waals surface area contributed by atoms with Gasteiger partial charge in [-0.15, -0.1) is 0 Å². The zero-order chi connectivity index (χ0) is 14.4. The van der Waals surface area contributed by atoms with Crippen molar-refractivity contribution in [3.8, 4) is 0 Å². The predicted octanol–water partition coefficient (Wildman–Crippen LogP) is 1.64. The summed E-state index contributed by atoms with van der Waals surface area (Å²) in [4.78, 5) is 23.2. The molecule has 102 valence electrons. The third-order valence-electron chi connectivity index (χ3n) is 2.97. The molecule has 4 heteroatoms. The third kappa shape index (κ3) is 3.68. The molecule has 3 N–H and O–H groups in total. The standard InChI is InChI=1S/C16H16N2O2/c17-16(20)14-9-5-4-8-13(14)10-15(19)18-11-12-6-2-1-3-7-12/h1-9H,10-11H2,(H2,17,20)(H,18,19). The van der Waals surface area contributed by atoms with Crippen molar-refractivity contribution in [1.82, 2.24) is 5.32 Å². The first-order chi connectivity index (χ1) is 9.66. The van der Waals surface area contributed by atoms with Crippen LogP contribution in [0.15, 0.2) is 54.6 Å². The third-order valence-corrected chi connectivity index (χ3v) is 2.97. The van der Waals surface area contributed by atoms with Crippen LogP contribution in [-0.4, -0.2) is 11.8 Å². The molecule has 0 aromatic heterocycles. The van der Waals surface area contributed by atoms with Gasteiger partial charge in [0.05, 0.1) is 6.42 Å². The lowest BCUT2D eigenvalue weighted by Gasteiger charge is -2.08. The zero-order valence-electron chi connectivity index (χ0n) is 11.0. The molecule has 0 spiro atoms. The van der Waals surface area contributed by atoms with Crippen LogP contribution in [0.5, 0.6) is 0 Å². The SMILES string of the molecule is NC(=O)c1ccccc1CC(=O)NCc1ccccc1. The van der Waals surface area contributed by atoms with Gasteiger partial charge >= 0.3 is 0 Å². The van der Waals surface area contributed by atoms with Gasteiger partial charge in [-0.25, -0.2) is 0 Å². The molecule has 0 bridgehead atoms. The predicted molar refractivity (Wildman–Crippen MR) is 77.0 cm³/mol.